The van der Waals surface area contributed by atoms with Crippen molar-refractivity contribution in [2.45, 2.75) is 37.1 Å². The minimum absolute atomic E-state index is 0.0797. The van der Waals surface area contributed by atoms with E-state index in [2.05, 4.69) is 9.82 Å². The van der Waals surface area contributed by atoms with E-state index in [4.69, 9.17) is 4.74 Å². The molecule has 7 nitrogen and oxygen atoms in total. The number of rotatable bonds is 7. The minimum Gasteiger partial charge on any atom is -0.457 e. The maximum Gasteiger partial charge on any atom is 0.267 e. The molecule has 30 heavy (non-hydrogen) atoms. The maximum absolute atomic E-state index is 12.5. The van der Waals surface area contributed by atoms with Crippen LogP contribution in [0.5, 0.6) is 11.5 Å². The number of hydrogen-bond donors (Lipinski definition) is 1. The van der Waals surface area contributed by atoms with Crippen LogP contribution >= 0.6 is 0 Å². The molecule has 0 amide bonds. The highest BCUT2D eigenvalue weighted by molar-refractivity contribution is 7.89. The van der Waals surface area contributed by atoms with Crippen LogP contribution in [0.1, 0.15) is 24.1 Å². The Kier molecular flexibility index (Phi) is 5.96. The van der Waals surface area contributed by atoms with Crippen molar-refractivity contribution < 1.29 is 13.2 Å². The molecule has 0 bridgehead atoms. The van der Waals surface area contributed by atoms with E-state index < -0.39 is 10.0 Å². The van der Waals surface area contributed by atoms with Crippen molar-refractivity contribution in [1.82, 2.24) is 14.5 Å². The van der Waals surface area contributed by atoms with Gasteiger partial charge in [-0.15, -0.1) is 0 Å². The zero-order valence-corrected chi connectivity index (χ0v) is 17.3. The predicted molar refractivity (Wildman–Crippen MR) is 113 cm³/mol. The highest BCUT2D eigenvalue weighted by Gasteiger charge is 2.16. The van der Waals surface area contributed by atoms with Crippen LogP contribution in [-0.4, -0.2) is 24.7 Å². The van der Waals surface area contributed by atoms with Gasteiger partial charge in [-0.05, 0) is 67.6 Å². The Morgan fingerprint density at radius 1 is 0.967 bits per heavy atom. The second-order valence-corrected chi connectivity index (χ2v) is 8.94. The van der Waals surface area contributed by atoms with E-state index in [0.717, 1.165) is 36.9 Å². The summed E-state index contributed by atoms with van der Waals surface area (Å²) in [7, 11) is -3.70. The fourth-order valence-corrected chi connectivity index (χ4v) is 4.46. The molecular weight excluding hydrogens is 402 g/mol. The predicted octanol–water partition coefficient (Wildman–Crippen LogP) is 2.89. The highest BCUT2D eigenvalue weighted by Crippen LogP contribution is 2.22. The molecule has 8 heteroatoms. The Labute approximate surface area is 175 Å². The van der Waals surface area contributed by atoms with Gasteiger partial charge in [0.1, 0.15) is 11.5 Å². The van der Waals surface area contributed by atoms with Gasteiger partial charge < -0.3 is 4.74 Å². The number of aryl methyl sites for hydroxylation is 2. The van der Waals surface area contributed by atoms with Crippen molar-refractivity contribution >= 4 is 10.0 Å². The molecule has 3 aromatic rings. The molecule has 4 rings (SSSR count). The second kappa shape index (κ2) is 8.81. The van der Waals surface area contributed by atoms with E-state index in [-0.39, 0.29) is 23.5 Å². The summed E-state index contributed by atoms with van der Waals surface area (Å²) in [5.41, 5.74) is 1.76. The van der Waals surface area contributed by atoms with E-state index in [1.54, 1.807) is 18.2 Å². The van der Waals surface area contributed by atoms with Gasteiger partial charge in [-0.1, -0.05) is 18.2 Å². The summed E-state index contributed by atoms with van der Waals surface area (Å²) in [4.78, 5) is 12.3. The number of nitrogens with one attached hydrogen (secondary N) is 1. The van der Waals surface area contributed by atoms with Crippen LogP contribution < -0.4 is 15.0 Å². The number of aromatic nitrogens is 2. The van der Waals surface area contributed by atoms with Crippen LogP contribution in [0.4, 0.5) is 0 Å². The Hall–Kier alpha value is -2.97. The summed E-state index contributed by atoms with van der Waals surface area (Å²) in [6.07, 6.45) is 3.88. The van der Waals surface area contributed by atoms with Gasteiger partial charge in [-0.3, -0.25) is 4.79 Å². The first-order chi connectivity index (χ1) is 14.5. The summed E-state index contributed by atoms with van der Waals surface area (Å²) in [5.74, 6) is 1.22. The van der Waals surface area contributed by atoms with Crippen molar-refractivity contribution in [2.75, 3.05) is 6.54 Å². The van der Waals surface area contributed by atoms with Gasteiger partial charge in [-0.2, -0.15) is 5.10 Å². The number of ether oxygens (including phenoxy) is 1. The first-order valence-electron chi connectivity index (χ1n) is 9.94. The number of nitrogens with zero attached hydrogens (tertiary/aromatic N) is 2. The molecule has 0 saturated carbocycles. The topological polar surface area (TPSA) is 90.3 Å². The zero-order chi connectivity index (χ0) is 21.0. The van der Waals surface area contributed by atoms with E-state index in [9.17, 15) is 13.2 Å². The molecule has 0 atom stereocenters. The molecule has 2 aromatic carbocycles. The van der Waals surface area contributed by atoms with Crippen molar-refractivity contribution in [3.05, 3.63) is 82.3 Å². The third kappa shape index (κ3) is 4.77. The molecule has 156 valence electrons. The van der Waals surface area contributed by atoms with Gasteiger partial charge in [0.05, 0.1) is 17.1 Å². The molecule has 1 aliphatic rings. The SMILES string of the molecule is O=c1cc2c(nn1CCNS(=O)(=O)c1ccc(Oc3ccccc3)cc1)CCCC2. The van der Waals surface area contributed by atoms with E-state index in [1.165, 1.54) is 16.8 Å². The van der Waals surface area contributed by atoms with E-state index >= 15 is 0 Å². The van der Waals surface area contributed by atoms with Crippen LogP contribution in [0, 0.1) is 0 Å². The van der Waals surface area contributed by atoms with Crippen molar-refractivity contribution in [3.8, 4) is 11.5 Å². The summed E-state index contributed by atoms with van der Waals surface area (Å²) in [5, 5.41) is 4.41. The fourth-order valence-electron chi connectivity index (χ4n) is 3.44. The fraction of sp³-hybridized carbons (Fsp3) is 0.273. The number of benzene rings is 2. The summed E-state index contributed by atoms with van der Waals surface area (Å²) in [6, 6.07) is 17.1. The van der Waals surface area contributed by atoms with E-state index in [0.29, 0.717) is 11.5 Å². The van der Waals surface area contributed by atoms with Crippen LogP contribution in [0.25, 0.3) is 0 Å². The normalized spacial score (nSPS) is 13.6. The Morgan fingerprint density at radius 3 is 2.43 bits per heavy atom. The second-order valence-electron chi connectivity index (χ2n) is 7.17. The monoisotopic (exact) mass is 425 g/mol. The van der Waals surface area contributed by atoms with Crippen molar-refractivity contribution in [1.29, 1.82) is 0 Å². The lowest BCUT2D eigenvalue weighted by Crippen LogP contribution is -2.33. The van der Waals surface area contributed by atoms with Gasteiger partial charge >= 0.3 is 0 Å². The average molecular weight is 426 g/mol. The molecule has 0 radical (unpaired) electrons. The van der Waals surface area contributed by atoms with Crippen molar-refractivity contribution in [3.63, 3.8) is 0 Å². The zero-order valence-electron chi connectivity index (χ0n) is 16.5. The standard InChI is InChI=1S/C22H23N3O4S/c26-22-16-17-6-4-5-9-21(17)24-25(22)15-14-23-30(27,28)20-12-10-19(11-13-20)29-18-7-2-1-3-8-18/h1-3,7-8,10-13,16,23H,4-6,9,14-15H2. The number of fused-ring (bicyclic) bond motifs is 1. The molecule has 1 N–H and O–H groups in total. The lowest BCUT2D eigenvalue weighted by atomic mass is 9.97. The lowest BCUT2D eigenvalue weighted by molar-refractivity contribution is 0.482. The molecule has 1 aromatic heterocycles. The van der Waals surface area contributed by atoms with E-state index in [1.807, 2.05) is 30.3 Å². The van der Waals surface area contributed by atoms with Crippen LogP contribution in [0.15, 0.2) is 70.4 Å². The Bertz CT molecular complexity index is 1170. The molecule has 0 unspecified atom stereocenters. The van der Waals surface area contributed by atoms with Gasteiger partial charge in [-0.25, -0.2) is 17.8 Å². The van der Waals surface area contributed by atoms with Gasteiger partial charge in [0, 0.05) is 12.6 Å². The molecular formula is C22H23N3O4S. The number of sulfonamides is 1. The van der Waals surface area contributed by atoms with Crippen LogP contribution in [0.3, 0.4) is 0 Å². The number of para-hydroxylation sites is 1. The van der Waals surface area contributed by atoms with Crippen LogP contribution in [-0.2, 0) is 29.4 Å². The Balaban J connectivity index is 1.38. The van der Waals surface area contributed by atoms with Crippen molar-refractivity contribution in [2.24, 2.45) is 0 Å². The summed E-state index contributed by atoms with van der Waals surface area (Å²) >= 11 is 0. The molecule has 1 aliphatic carbocycles. The molecule has 0 spiro atoms. The molecule has 0 fully saturated rings. The third-order valence-corrected chi connectivity index (χ3v) is 6.48. The highest BCUT2D eigenvalue weighted by atomic mass is 32.2. The van der Waals surface area contributed by atoms with Crippen LogP contribution in [0.2, 0.25) is 0 Å². The molecule has 0 aliphatic heterocycles. The number of hydrogen-bond acceptors (Lipinski definition) is 5. The first kappa shape index (κ1) is 20.3. The maximum atomic E-state index is 12.5. The quantitative estimate of drug-likeness (QED) is 0.629. The average Bonchev–Trinajstić information content (AvgIpc) is 2.75. The molecule has 0 saturated heterocycles. The summed E-state index contributed by atoms with van der Waals surface area (Å²) in [6.45, 7) is 0.261. The molecule has 1 heterocycles. The van der Waals surface area contributed by atoms with Gasteiger partial charge in [0.2, 0.25) is 10.0 Å². The first-order valence-corrected chi connectivity index (χ1v) is 11.4. The van der Waals surface area contributed by atoms with Gasteiger partial charge in [0.25, 0.3) is 5.56 Å². The third-order valence-electron chi connectivity index (χ3n) is 5.00. The smallest absolute Gasteiger partial charge is 0.267 e. The minimum atomic E-state index is -3.70. The Morgan fingerprint density at radius 2 is 1.67 bits per heavy atom. The largest absolute Gasteiger partial charge is 0.457 e. The summed E-state index contributed by atoms with van der Waals surface area (Å²) < 4.78 is 34.7. The lowest BCUT2D eigenvalue weighted by Gasteiger charge is -2.16. The van der Waals surface area contributed by atoms with Gasteiger partial charge in [0.15, 0.2) is 0 Å².